The molecule has 0 aliphatic rings. The standard InChI is InChI=1S/C11H8Cl3N3O2/c1-16(11(18)19)8-5-17-4-6(9(12)10(13)14)2-3-7(17)15-8/h2-5H,1H3,(H,18,19)/p-1. The normalized spacial score (nSPS) is 10.5. The van der Waals surface area contributed by atoms with E-state index in [-0.39, 0.29) is 15.3 Å². The Balaban J connectivity index is 2.50. The van der Waals surface area contributed by atoms with Crippen molar-refractivity contribution in [3.8, 4) is 0 Å². The van der Waals surface area contributed by atoms with Crippen molar-refractivity contribution in [1.82, 2.24) is 9.38 Å². The average Bonchev–Trinajstić information content (AvgIpc) is 2.78. The Morgan fingerprint density at radius 1 is 1.32 bits per heavy atom. The third-order valence-corrected chi connectivity index (χ3v) is 3.45. The van der Waals surface area contributed by atoms with E-state index in [1.165, 1.54) is 13.2 Å². The number of hydrogen-bond acceptors (Lipinski definition) is 3. The van der Waals surface area contributed by atoms with Crippen molar-refractivity contribution in [2.45, 2.75) is 0 Å². The number of pyridine rings is 1. The van der Waals surface area contributed by atoms with E-state index in [1.807, 2.05) is 0 Å². The lowest BCUT2D eigenvalue weighted by atomic mass is 10.3. The zero-order valence-corrected chi connectivity index (χ0v) is 11.9. The van der Waals surface area contributed by atoms with E-state index in [0.29, 0.717) is 11.2 Å². The molecule has 2 rings (SSSR count). The molecule has 100 valence electrons. The van der Waals surface area contributed by atoms with Gasteiger partial charge in [0.15, 0.2) is 5.82 Å². The minimum Gasteiger partial charge on any atom is -0.530 e. The van der Waals surface area contributed by atoms with E-state index in [1.54, 1.807) is 22.7 Å². The summed E-state index contributed by atoms with van der Waals surface area (Å²) < 4.78 is 1.57. The molecular weight excluding hydrogens is 312 g/mol. The van der Waals surface area contributed by atoms with Crippen LogP contribution in [0.4, 0.5) is 10.6 Å². The molecule has 1 amide bonds. The Labute approximate surface area is 123 Å². The quantitative estimate of drug-likeness (QED) is 0.854. The average molecular weight is 320 g/mol. The molecule has 0 saturated heterocycles. The Bertz CT molecular complexity index is 677. The van der Waals surface area contributed by atoms with E-state index >= 15 is 0 Å². The molecule has 0 saturated carbocycles. The van der Waals surface area contributed by atoms with Crippen molar-refractivity contribution in [3.63, 3.8) is 0 Å². The maximum absolute atomic E-state index is 10.7. The van der Waals surface area contributed by atoms with Gasteiger partial charge >= 0.3 is 0 Å². The number of aromatic nitrogens is 2. The number of nitrogens with zero attached hydrogens (tertiary/aromatic N) is 3. The summed E-state index contributed by atoms with van der Waals surface area (Å²) in [7, 11) is 1.35. The Kier molecular flexibility index (Phi) is 3.89. The highest BCUT2D eigenvalue weighted by molar-refractivity contribution is 6.66. The Hall–Kier alpha value is -1.43. The van der Waals surface area contributed by atoms with Gasteiger partial charge in [-0.3, -0.25) is 0 Å². The van der Waals surface area contributed by atoms with Crippen molar-refractivity contribution in [3.05, 3.63) is 34.6 Å². The second kappa shape index (κ2) is 5.28. The van der Waals surface area contributed by atoms with Gasteiger partial charge in [0.25, 0.3) is 0 Å². The zero-order valence-electron chi connectivity index (χ0n) is 9.60. The monoisotopic (exact) mass is 318 g/mol. The lowest BCUT2D eigenvalue weighted by molar-refractivity contribution is -0.246. The first-order chi connectivity index (χ1) is 8.90. The predicted octanol–water partition coefficient (Wildman–Crippen LogP) is 2.46. The molecule has 2 aromatic rings. The largest absolute Gasteiger partial charge is 0.530 e. The molecule has 0 aliphatic heterocycles. The van der Waals surface area contributed by atoms with Crippen LogP contribution in [0, 0.1) is 0 Å². The number of imidazole rings is 1. The van der Waals surface area contributed by atoms with Crippen molar-refractivity contribution < 1.29 is 9.90 Å². The van der Waals surface area contributed by atoms with Crippen molar-refractivity contribution in [2.75, 3.05) is 11.9 Å². The summed E-state index contributed by atoms with van der Waals surface area (Å²) >= 11 is 17.1. The van der Waals surface area contributed by atoms with E-state index in [4.69, 9.17) is 34.8 Å². The summed E-state index contributed by atoms with van der Waals surface area (Å²) in [4.78, 5) is 15.8. The number of fused-ring (bicyclic) bond motifs is 1. The SMILES string of the molecule is CN(C(=O)[O-])c1cn2cc(C(Cl)=C(Cl)Cl)ccc2n1. The van der Waals surface area contributed by atoms with Gasteiger partial charge < -0.3 is 19.2 Å². The van der Waals surface area contributed by atoms with Gasteiger partial charge in [-0.25, -0.2) is 4.98 Å². The molecule has 2 heterocycles. The molecule has 0 fully saturated rings. The summed E-state index contributed by atoms with van der Waals surface area (Å²) in [5, 5.41) is 10.9. The number of hydrogen-bond donors (Lipinski definition) is 0. The van der Waals surface area contributed by atoms with E-state index < -0.39 is 6.09 Å². The van der Waals surface area contributed by atoms with Crippen molar-refractivity contribution >= 4 is 57.4 Å². The fourth-order valence-electron chi connectivity index (χ4n) is 1.47. The first-order valence-corrected chi connectivity index (χ1v) is 6.18. The first-order valence-electron chi connectivity index (χ1n) is 5.04. The summed E-state index contributed by atoms with van der Waals surface area (Å²) in [6.45, 7) is 0. The van der Waals surface area contributed by atoms with Crippen LogP contribution in [0.25, 0.3) is 10.7 Å². The molecule has 2 aromatic heterocycles. The molecular formula is C11H7Cl3N3O2-. The van der Waals surface area contributed by atoms with Gasteiger partial charge in [-0.05, 0) is 12.1 Å². The van der Waals surface area contributed by atoms with Gasteiger partial charge in [-0.15, -0.1) is 0 Å². The Morgan fingerprint density at radius 3 is 2.58 bits per heavy atom. The third kappa shape index (κ3) is 2.78. The smallest absolute Gasteiger partial charge is 0.152 e. The number of carbonyl (C=O) groups is 1. The maximum Gasteiger partial charge on any atom is 0.152 e. The van der Waals surface area contributed by atoms with Crippen LogP contribution < -0.4 is 10.0 Å². The highest BCUT2D eigenvalue weighted by Gasteiger charge is 2.09. The lowest BCUT2D eigenvalue weighted by Crippen LogP contribution is -2.38. The molecule has 0 atom stereocenters. The molecule has 0 aromatic carbocycles. The van der Waals surface area contributed by atoms with Crippen molar-refractivity contribution in [2.24, 2.45) is 0 Å². The van der Waals surface area contributed by atoms with Crippen LogP contribution in [0.2, 0.25) is 0 Å². The predicted molar refractivity (Wildman–Crippen MR) is 73.5 cm³/mol. The second-order valence-corrected chi connectivity index (χ2v) is 5.01. The summed E-state index contributed by atoms with van der Waals surface area (Å²) in [5.41, 5.74) is 1.15. The van der Waals surface area contributed by atoms with Gasteiger partial charge in [0.05, 0.1) is 11.2 Å². The van der Waals surface area contributed by atoms with E-state index in [0.717, 1.165) is 4.90 Å². The summed E-state index contributed by atoms with van der Waals surface area (Å²) in [6.07, 6.45) is 1.83. The van der Waals surface area contributed by atoms with Gasteiger partial charge in [0.1, 0.15) is 16.2 Å². The molecule has 0 N–H and O–H groups in total. The second-order valence-electron chi connectivity index (χ2n) is 3.68. The van der Waals surface area contributed by atoms with Crippen LogP contribution in [0.3, 0.4) is 0 Å². The topological polar surface area (TPSA) is 60.7 Å². The lowest BCUT2D eigenvalue weighted by Gasteiger charge is -2.15. The fourth-order valence-corrected chi connectivity index (χ4v) is 1.80. The highest BCUT2D eigenvalue weighted by atomic mass is 35.5. The molecule has 5 nitrogen and oxygen atoms in total. The number of halogens is 3. The number of carbonyl (C=O) groups excluding carboxylic acids is 1. The van der Waals surface area contributed by atoms with Gasteiger partial charge in [0.2, 0.25) is 0 Å². The number of rotatable bonds is 2. The highest BCUT2D eigenvalue weighted by Crippen LogP contribution is 2.28. The van der Waals surface area contributed by atoms with Gasteiger partial charge in [-0.1, -0.05) is 34.8 Å². The van der Waals surface area contributed by atoms with Crippen LogP contribution >= 0.6 is 34.8 Å². The number of carboxylic acid groups (broad SMARTS) is 1. The summed E-state index contributed by atoms with van der Waals surface area (Å²) in [6, 6.07) is 3.35. The minimum atomic E-state index is -1.34. The zero-order chi connectivity index (χ0) is 14.2. The van der Waals surface area contributed by atoms with Crippen LogP contribution in [0.1, 0.15) is 5.56 Å². The maximum atomic E-state index is 10.7. The molecule has 0 unspecified atom stereocenters. The Morgan fingerprint density at radius 2 is 2.00 bits per heavy atom. The molecule has 0 aliphatic carbocycles. The molecule has 19 heavy (non-hydrogen) atoms. The molecule has 0 spiro atoms. The van der Waals surface area contributed by atoms with Gasteiger partial charge in [-0.2, -0.15) is 0 Å². The van der Waals surface area contributed by atoms with Crippen LogP contribution in [-0.2, 0) is 0 Å². The molecule has 0 bridgehead atoms. The first kappa shape index (κ1) is 14.0. The molecule has 8 heteroatoms. The molecule has 0 radical (unpaired) electrons. The van der Waals surface area contributed by atoms with Crippen LogP contribution in [0.15, 0.2) is 29.0 Å². The summed E-state index contributed by atoms with van der Waals surface area (Å²) in [5.74, 6) is 0.245. The van der Waals surface area contributed by atoms with E-state index in [9.17, 15) is 9.90 Å². The number of anilines is 1. The van der Waals surface area contributed by atoms with Crippen LogP contribution in [0.5, 0.6) is 0 Å². The number of amides is 1. The third-order valence-electron chi connectivity index (χ3n) is 2.48. The fraction of sp³-hybridized carbons (Fsp3) is 0.0909. The van der Waals surface area contributed by atoms with Crippen molar-refractivity contribution in [1.29, 1.82) is 0 Å². The van der Waals surface area contributed by atoms with Gasteiger partial charge in [0, 0.05) is 18.8 Å². The van der Waals surface area contributed by atoms with Crippen LogP contribution in [-0.4, -0.2) is 22.5 Å². The van der Waals surface area contributed by atoms with E-state index in [2.05, 4.69) is 4.98 Å². The minimum absolute atomic E-state index is 0.0480.